The number of fused-ring (bicyclic) bond motifs is 3. The maximum atomic E-state index is 6.42. The molecule has 2 heterocycles. The van der Waals surface area contributed by atoms with Crippen molar-refractivity contribution in [3.8, 4) is 11.5 Å². The van der Waals surface area contributed by atoms with E-state index in [9.17, 15) is 0 Å². The number of hydrogen-bond donors (Lipinski definition) is 0. The van der Waals surface area contributed by atoms with Crippen LogP contribution in [0.5, 0.6) is 11.5 Å². The predicted octanol–water partition coefficient (Wildman–Crippen LogP) is 3.85. The smallest absolute Gasteiger partial charge is 0.127 e. The van der Waals surface area contributed by atoms with Gasteiger partial charge in [-0.15, -0.1) is 0 Å². The fraction of sp³-hybridized carbons (Fsp3) is 0.474. The largest absolute Gasteiger partial charge is 0.496 e. The van der Waals surface area contributed by atoms with Crippen LogP contribution < -0.4 is 9.47 Å². The summed E-state index contributed by atoms with van der Waals surface area (Å²) in [5.41, 5.74) is 0. The van der Waals surface area contributed by atoms with E-state index in [4.69, 9.17) is 9.47 Å². The molecule has 22 heavy (non-hydrogen) atoms. The van der Waals surface area contributed by atoms with Crippen LogP contribution in [0.15, 0.2) is 36.4 Å². The standard InChI is InChI=1S/C19H23NO2/c1-20-13-7-8-14(20)12-15(11-13)22-19-10-9-18(21-2)16-5-3-4-6-17(16)19/h3-6,9-10,13-15H,7-8,11-12H2,1-2H3. The van der Waals surface area contributed by atoms with Gasteiger partial charge in [0.05, 0.1) is 7.11 Å². The number of benzene rings is 2. The zero-order valence-corrected chi connectivity index (χ0v) is 13.3. The lowest BCUT2D eigenvalue weighted by molar-refractivity contribution is 0.0671. The lowest BCUT2D eigenvalue weighted by Crippen LogP contribution is -2.43. The van der Waals surface area contributed by atoms with Crippen molar-refractivity contribution in [2.45, 2.75) is 43.9 Å². The summed E-state index contributed by atoms with van der Waals surface area (Å²) in [6, 6.07) is 13.8. The van der Waals surface area contributed by atoms with Crippen LogP contribution in [0.2, 0.25) is 0 Å². The SMILES string of the molecule is COc1ccc(OC2CC3CCC(C2)N3C)c2ccccc12. The highest BCUT2D eigenvalue weighted by Crippen LogP contribution is 2.38. The van der Waals surface area contributed by atoms with Gasteiger partial charge in [-0.25, -0.2) is 0 Å². The molecule has 3 heteroatoms. The molecule has 0 aromatic heterocycles. The number of ether oxygens (including phenoxy) is 2. The van der Waals surface area contributed by atoms with Crippen LogP contribution in [0.25, 0.3) is 10.8 Å². The van der Waals surface area contributed by atoms with E-state index in [1.165, 1.54) is 12.8 Å². The van der Waals surface area contributed by atoms with Gasteiger partial charge in [-0.05, 0) is 44.9 Å². The summed E-state index contributed by atoms with van der Waals surface area (Å²) in [5, 5.41) is 2.27. The fourth-order valence-electron chi connectivity index (χ4n) is 4.16. The topological polar surface area (TPSA) is 21.7 Å². The van der Waals surface area contributed by atoms with E-state index < -0.39 is 0 Å². The van der Waals surface area contributed by atoms with Crippen LogP contribution in [0.4, 0.5) is 0 Å². The zero-order chi connectivity index (χ0) is 15.1. The van der Waals surface area contributed by atoms with Gasteiger partial charge in [0.15, 0.2) is 0 Å². The van der Waals surface area contributed by atoms with Crippen molar-refractivity contribution < 1.29 is 9.47 Å². The molecule has 2 aromatic rings. The fourth-order valence-corrected chi connectivity index (χ4v) is 4.16. The number of rotatable bonds is 3. The Kier molecular flexibility index (Phi) is 3.45. The molecule has 3 nitrogen and oxygen atoms in total. The second-order valence-corrected chi connectivity index (χ2v) is 6.57. The number of nitrogens with zero attached hydrogens (tertiary/aromatic N) is 1. The first-order chi connectivity index (χ1) is 10.8. The van der Waals surface area contributed by atoms with Crippen molar-refractivity contribution in [3.05, 3.63) is 36.4 Å². The molecular formula is C19H23NO2. The highest BCUT2D eigenvalue weighted by atomic mass is 16.5. The first kappa shape index (κ1) is 13.9. The van der Waals surface area contributed by atoms with Crippen molar-refractivity contribution in [3.63, 3.8) is 0 Å². The normalized spacial score (nSPS) is 28.0. The third-order valence-electron chi connectivity index (χ3n) is 5.41. The zero-order valence-electron chi connectivity index (χ0n) is 13.3. The Morgan fingerprint density at radius 3 is 2.14 bits per heavy atom. The van der Waals surface area contributed by atoms with Crippen molar-refractivity contribution in [2.75, 3.05) is 14.2 Å². The molecule has 2 bridgehead atoms. The van der Waals surface area contributed by atoms with Gasteiger partial charge >= 0.3 is 0 Å². The second kappa shape index (κ2) is 5.47. The van der Waals surface area contributed by atoms with Gasteiger partial charge in [-0.1, -0.05) is 24.3 Å². The van der Waals surface area contributed by atoms with Gasteiger partial charge in [0.2, 0.25) is 0 Å². The van der Waals surface area contributed by atoms with Crippen LogP contribution in [-0.2, 0) is 0 Å². The molecule has 0 saturated carbocycles. The summed E-state index contributed by atoms with van der Waals surface area (Å²) in [6.45, 7) is 0. The van der Waals surface area contributed by atoms with Gasteiger partial charge in [0.1, 0.15) is 17.6 Å². The molecule has 0 N–H and O–H groups in total. The van der Waals surface area contributed by atoms with Crippen LogP contribution >= 0.6 is 0 Å². The van der Waals surface area contributed by atoms with Gasteiger partial charge < -0.3 is 14.4 Å². The number of piperidine rings is 1. The number of methoxy groups -OCH3 is 1. The molecule has 116 valence electrons. The Hall–Kier alpha value is -1.74. The van der Waals surface area contributed by atoms with Crippen molar-refractivity contribution in [1.29, 1.82) is 0 Å². The van der Waals surface area contributed by atoms with E-state index in [2.05, 4.69) is 36.2 Å². The molecule has 2 fully saturated rings. The van der Waals surface area contributed by atoms with Crippen LogP contribution in [0.3, 0.4) is 0 Å². The minimum Gasteiger partial charge on any atom is -0.496 e. The summed E-state index contributed by atoms with van der Waals surface area (Å²) >= 11 is 0. The van der Waals surface area contributed by atoms with E-state index >= 15 is 0 Å². The molecular weight excluding hydrogens is 274 g/mol. The Morgan fingerprint density at radius 1 is 0.909 bits per heavy atom. The maximum Gasteiger partial charge on any atom is 0.127 e. The molecule has 2 saturated heterocycles. The summed E-state index contributed by atoms with van der Waals surface area (Å²) in [5.74, 6) is 1.90. The minimum absolute atomic E-state index is 0.338. The Balaban J connectivity index is 1.63. The van der Waals surface area contributed by atoms with Gasteiger partial charge in [0, 0.05) is 22.9 Å². The molecule has 2 aliphatic rings. The Bertz CT molecular complexity index is 670. The van der Waals surface area contributed by atoms with Gasteiger partial charge in [-0.3, -0.25) is 0 Å². The van der Waals surface area contributed by atoms with E-state index in [0.717, 1.165) is 35.1 Å². The molecule has 2 atom stereocenters. The van der Waals surface area contributed by atoms with Gasteiger partial charge in [0.25, 0.3) is 0 Å². The molecule has 0 amide bonds. The maximum absolute atomic E-state index is 6.42. The van der Waals surface area contributed by atoms with E-state index in [1.54, 1.807) is 7.11 Å². The molecule has 4 rings (SSSR count). The Labute approximate surface area is 131 Å². The third-order valence-corrected chi connectivity index (χ3v) is 5.41. The lowest BCUT2D eigenvalue weighted by atomic mass is 10.00. The molecule has 2 aliphatic heterocycles. The van der Waals surface area contributed by atoms with E-state index in [1.807, 2.05) is 12.1 Å². The molecule has 2 unspecified atom stereocenters. The highest BCUT2D eigenvalue weighted by molar-refractivity contribution is 5.93. The molecule has 0 aliphatic carbocycles. The van der Waals surface area contributed by atoms with Crippen molar-refractivity contribution in [2.24, 2.45) is 0 Å². The highest BCUT2D eigenvalue weighted by Gasteiger charge is 2.39. The monoisotopic (exact) mass is 297 g/mol. The lowest BCUT2D eigenvalue weighted by Gasteiger charge is -2.36. The summed E-state index contributed by atoms with van der Waals surface area (Å²) in [7, 11) is 3.98. The molecule has 0 spiro atoms. The first-order valence-corrected chi connectivity index (χ1v) is 8.20. The second-order valence-electron chi connectivity index (χ2n) is 6.57. The molecule has 2 aromatic carbocycles. The quantitative estimate of drug-likeness (QED) is 0.859. The van der Waals surface area contributed by atoms with Crippen molar-refractivity contribution >= 4 is 10.8 Å². The minimum atomic E-state index is 0.338. The third kappa shape index (κ3) is 2.24. The molecule has 0 radical (unpaired) electrons. The average molecular weight is 297 g/mol. The number of hydrogen-bond acceptors (Lipinski definition) is 3. The van der Waals surface area contributed by atoms with Gasteiger partial charge in [-0.2, -0.15) is 0 Å². The Morgan fingerprint density at radius 2 is 1.50 bits per heavy atom. The van der Waals surface area contributed by atoms with Crippen LogP contribution in [0.1, 0.15) is 25.7 Å². The summed E-state index contributed by atoms with van der Waals surface area (Å²) in [4.78, 5) is 2.55. The average Bonchev–Trinajstić information content (AvgIpc) is 2.76. The first-order valence-electron chi connectivity index (χ1n) is 8.20. The predicted molar refractivity (Wildman–Crippen MR) is 88.7 cm³/mol. The van der Waals surface area contributed by atoms with Crippen molar-refractivity contribution in [1.82, 2.24) is 4.90 Å². The summed E-state index contributed by atoms with van der Waals surface area (Å²) < 4.78 is 11.9. The van der Waals surface area contributed by atoms with Crippen LogP contribution in [-0.4, -0.2) is 37.2 Å². The van der Waals surface area contributed by atoms with Crippen LogP contribution in [0, 0.1) is 0 Å². The van der Waals surface area contributed by atoms with E-state index in [0.29, 0.717) is 18.2 Å². The van der Waals surface area contributed by atoms with E-state index in [-0.39, 0.29) is 0 Å². The summed E-state index contributed by atoms with van der Waals surface area (Å²) in [6.07, 6.45) is 5.28.